The highest BCUT2D eigenvalue weighted by Crippen LogP contribution is 2.16. The second-order valence-corrected chi connectivity index (χ2v) is 6.26. The maximum atomic E-state index is 12.1. The SMILES string of the molecule is C[C@@H](OC(=O)Cn1nc(-c2ccccc2)oc1=O)C(=O)Nc1cccc(Cl)c1. The van der Waals surface area contributed by atoms with Crippen LogP contribution in [0, 0.1) is 0 Å². The van der Waals surface area contributed by atoms with Crippen molar-refractivity contribution in [3.05, 3.63) is 70.2 Å². The van der Waals surface area contributed by atoms with Gasteiger partial charge in [-0.3, -0.25) is 9.59 Å². The van der Waals surface area contributed by atoms with Crippen LogP contribution < -0.4 is 11.1 Å². The van der Waals surface area contributed by atoms with Crippen molar-refractivity contribution in [1.29, 1.82) is 0 Å². The summed E-state index contributed by atoms with van der Waals surface area (Å²) in [6.07, 6.45) is -1.08. The molecule has 0 saturated heterocycles. The van der Waals surface area contributed by atoms with E-state index < -0.39 is 30.3 Å². The number of carbonyl (C=O) groups excluding carboxylic acids is 2. The van der Waals surface area contributed by atoms with Crippen molar-refractivity contribution in [3.63, 3.8) is 0 Å². The summed E-state index contributed by atoms with van der Waals surface area (Å²) < 4.78 is 10.9. The minimum absolute atomic E-state index is 0.0881. The van der Waals surface area contributed by atoms with Gasteiger partial charge in [-0.25, -0.2) is 4.79 Å². The molecule has 8 nitrogen and oxygen atoms in total. The number of ether oxygens (including phenoxy) is 1. The van der Waals surface area contributed by atoms with Crippen LogP contribution in [0.3, 0.4) is 0 Å². The number of hydrogen-bond donors (Lipinski definition) is 1. The van der Waals surface area contributed by atoms with Crippen molar-refractivity contribution in [2.24, 2.45) is 0 Å². The molecule has 144 valence electrons. The van der Waals surface area contributed by atoms with Crippen LogP contribution in [-0.2, 0) is 20.9 Å². The highest BCUT2D eigenvalue weighted by molar-refractivity contribution is 6.30. The Morgan fingerprint density at radius 1 is 1.21 bits per heavy atom. The molecule has 3 aromatic rings. The average molecular weight is 402 g/mol. The van der Waals surface area contributed by atoms with Crippen LogP contribution in [0.1, 0.15) is 6.92 Å². The van der Waals surface area contributed by atoms with E-state index in [1.807, 2.05) is 6.07 Å². The van der Waals surface area contributed by atoms with Gasteiger partial charge >= 0.3 is 11.7 Å². The lowest BCUT2D eigenvalue weighted by Gasteiger charge is -2.13. The second kappa shape index (κ2) is 8.53. The number of carbonyl (C=O) groups is 2. The highest BCUT2D eigenvalue weighted by Gasteiger charge is 2.20. The van der Waals surface area contributed by atoms with Crippen LogP contribution in [0.4, 0.5) is 5.69 Å². The Balaban J connectivity index is 1.60. The van der Waals surface area contributed by atoms with Crippen LogP contribution in [0.25, 0.3) is 11.5 Å². The molecule has 1 aromatic heterocycles. The van der Waals surface area contributed by atoms with E-state index in [4.69, 9.17) is 20.8 Å². The fourth-order valence-corrected chi connectivity index (χ4v) is 2.51. The molecule has 0 aliphatic heterocycles. The smallest absolute Gasteiger partial charge is 0.437 e. The zero-order valence-electron chi connectivity index (χ0n) is 14.8. The van der Waals surface area contributed by atoms with E-state index >= 15 is 0 Å². The number of amides is 1. The molecule has 3 rings (SSSR count). The Labute approximate surface area is 164 Å². The quantitative estimate of drug-likeness (QED) is 0.637. The van der Waals surface area contributed by atoms with Crippen molar-refractivity contribution in [3.8, 4) is 11.5 Å². The number of nitrogens with zero attached hydrogens (tertiary/aromatic N) is 2. The van der Waals surface area contributed by atoms with Crippen molar-refractivity contribution in [1.82, 2.24) is 9.78 Å². The number of anilines is 1. The summed E-state index contributed by atoms with van der Waals surface area (Å²) in [6, 6.07) is 15.3. The summed E-state index contributed by atoms with van der Waals surface area (Å²) in [5.74, 6) is -2.05. The summed E-state index contributed by atoms with van der Waals surface area (Å²) in [7, 11) is 0. The Morgan fingerprint density at radius 3 is 2.68 bits per heavy atom. The lowest BCUT2D eigenvalue weighted by atomic mass is 10.2. The molecule has 0 spiro atoms. The zero-order valence-corrected chi connectivity index (χ0v) is 15.6. The Kier molecular flexibility index (Phi) is 5.90. The molecule has 1 amide bonds. The molecule has 1 N–H and O–H groups in total. The maximum absolute atomic E-state index is 12.1. The van der Waals surface area contributed by atoms with Gasteiger partial charge in [-0.1, -0.05) is 35.9 Å². The lowest BCUT2D eigenvalue weighted by molar-refractivity contribution is -0.154. The van der Waals surface area contributed by atoms with E-state index in [1.54, 1.807) is 48.5 Å². The molecule has 0 fully saturated rings. The standard InChI is InChI=1S/C19H16ClN3O5/c1-12(17(25)21-15-9-5-8-14(20)10-15)27-16(24)11-23-19(26)28-18(22-23)13-6-3-2-4-7-13/h2-10,12H,11H2,1H3,(H,21,25)/t12-/m1/s1. The topological polar surface area (TPSA) is 103 Å². The van der Waals surface area contributed by atoms with Gasteiger partial charge < -0.3 is 14.5 Å². The van der Waals surface area contributed by atoms with Gasteiger partial charge in [0.25, 0.3) is 5.91 Å². The Morgan fingerprint density at radius 2 is 1.96 bits per heavy atom. The third kappa shape index (κ3) is 4.86. The molecule has 0 unspecified atom stereocenters. The van der Waals surface area contributed by atoms with E-state index in [2.05, 4.69) is 10.4 Å². The molecule has 0 aliphatic carbocycles. The first-order chi connectivity index (χ1) is 13.4. The lowest BCUT2D eigenvalue weighted by Crippen LogP contribution is -2.32. The number of esters is 1. The first kappa shape index (κ1) is 19.4. The third-order valence-electron chi connectivity index (χ3n) is 3.68. The van der Waals surface area contributed by atoms with Crippen molar-refractivity contribution >= 4 is 29.2 Å². The van der Waals surface area contributed by atoms with Gasteiger partial charge in [0.2, 0.25) is 5.89 Å². The first-order valence-corrected chi connectivity index (χ1v) is 8.69. The van der Waals surface area contributed by atoms with Gasteiger partial charge in [-0.2, -0.15) is 4.68 Å². The molecular formula is C19H16ClN3O5. The molecule has 1 atom stereocenters. The number of aromatic nitrogens is 2. The molecule has 0 bridgehead atoms. The first-order valence-electron chi connectivity index (χ1n) is 8.31. The largest absolute Gasteiger partial charge is 0.451 e. The second-order valence-electron chi connectivity index (χ2n) is 5.83. The number of benzene rings is 2. The van der Waals surface area contributed by atoms with E-state index in [1.165, 1.54) is 6.92 Å². The van der Waals surface area contributed by atoms with Gasteiger partial charge in [0.05, 0.1) is 0 Å². The summed E-state index contributed by atoms with van der Waals surface area (Å²) in [5, 5.41) is 7.02. The van der Waals surface area contributed by atoms with Gasteiger partial charge in [0.1, 0.15) is 6.54 Å². The minimum atomic E-state index is -1.08. The van der Waals surface area contributed by atoms with E-state index in [0.29, 0.717) is 16.3 Å². The fourth-order valence-electron chi connectivity index (χ4n) is 2.32. The van der Waals surface area contributed by atoms with Gasteiger partial charge in [-0.05, 0) is 37.3 Å². The summed E-state index contributed by atoms with van der Waals surface area (Å²) in [6.45, 7) is 0.933. The van der Waals surface area contributed by atoms with Crippen molar-refractivity contribution in [2.45, 2.75) is 19.6 Å². The number of nitrogens with one attached hydrogen (secondary N) is 1. The number of halogens is 1. The van der Waals surface area contributed by atoms with Crippen LogP contribution in [0.5, 0.6) is 0 Å². The zero-order chi connectivity index (χ0) is 20.1. The number of rotatable bonds is 6. The molecule has 28 heavy (non-hydrogen) atoms. The molecular weight excluding hydrogens is 386 g/mol. The predicted octanol–water partition coefficient (Wildman–Crippen LogP) is 2.73. The maximum Gasteiger partial charge on any atom is 0.437 e. The number of hydrogen-bond acceptors (Lipinski definition) is 6. The Hall–Kier alpha value is -3.39. The summed E-state index contributed by atoms with van der Waals surface area (Å²) >= 11 is 5.86. The predicted molar refractivity (Wildman–Crippen MR) is 102 cm³/mol. The highest BCUT2D eigenvalue weighted by atomic mass is 35.5. The molecule has 9 heteroatoms. The minimum Gasteiger partial charge on any atom is -0.451 e. The van der Waals surface area contributed by atoms with E-state index in [0.717, 1.165) is 4.68 Å². The van der Waals surface area contributed by atoms with E-state index in [9.17, 15) is 14.4 Å². The van der Waals surface area contributed by atoms with Gasteiger partial charge in [0, 0.05) is 16.3 Å². The van der Waals surface area contributed by atoms with Crippen LogP contribution in [0.2, 0.25) is 5.02 Å². The Bertz CT molecular complexity index is 1040. The van der Waals surface area contributed by atoms with Gasteiger partial charge in [-0.15, -0.1) is 5.10 Å². The molecule has 2 aromatic carbocycles. The molecule has 0 radical (unpaired) electrons. The third-order valence-corrected chi connectivity index (χ3v) is 3.91. The average Bonchev–Trinajstić information content (AvgIpc) is 3.02. The molecule has 0 aliphatic rings. The van der Waals surface area contributed by atoms with Crippen LogP contribution in [-0.4, -0.2) is 27.8 Å². The fraction of sp³-hybridized carbons (Fsp3) is 0.158. The normalized spacial score (nSPS) is 11.6. The monoisotopic (exact) mass is 401 g/mol. The van der Waals surface area contributed by atoms with E-state index in [-0.39, 0.29) is 5.89 Å². The van der Waals surface area contributed by atoms with Gasteiger partial charge in [0.15, 0.2) is 6.10 Å². The van der Waals surface area contributed by atoms with Crippen LogP contribution in [0.15, 0.2) is 63.8 Å². The van der Waals surface area contributed by atoms with Crippen molar-refractivity contribution in [2.75, 3.05) is 5.32 Å². The molecule has 1 heterocycles. The summed E-state index contributed by atoms with van der Waals surface area (Å²) in [5.41, 5.74) is 1.07. The van der Waals surface area contributed by atoms with Crippen molar-refractivity contribution < 1.29 is 18.7 Å². The summed E-state index contributed by atoms with van der Waals surface area (Å²) in [4.78, 5) is 36.1. The molecule has 0 saturated carbocycles. The van der Waals surface area contributed by atoms with Crippen LogP contribution >= 0.6 is 11.6 Å².